The highest BCUT2D eigenvalue weighted by molar-refractivity contribution is 5.13. The van der Waals surface area contributed by atoms with E-state index in [1.807, 2.05) is 12.5 Å². The van der Waals surface area contributed by atoms with E-state index in [0.717, 1.165) is 6.54 Å². The minimum absolute atomic E-state index is 0.576. The summed E-state index contributed by atoms with van der Waals surface area (Å²) in [7, 11) is 0. The van der Waals surface area contributed by atoms with Crippen LogP contribution in [0.2, 0.25) is 0 Å². The van der Waals surface area contributed by atoms with Crippen molar-refractivity contribution in [2.24, 2.45) is 0 Å². The average molecular weight is 193 g/mol. The van der Waals surface area contributed by atoms with Gasteiger partial charge in [0.05, 0.1) is 6.33 Å². The molecule has 1 aliphatic rings. The van der Waals surface area contributed by atoms with Crippen LogP contribution in [-0.4, -0.2) is 21.6 Å². The predicted octanol–water partition coefficient (Wildman–Crippen LogP) is 1.76. The maximum atomic E-state index is 4.23. The Morgan fingerprint density at radius 3 is 2.93 bits per heavy atom. The molecule has 1 aromatic rings. The minimum Gasteiger partial charge on any atom is -0.335 e. The third-order valence-electron chi connectivity index (χ3n) is 3.22. The molecule has 1 aromatic heterocycles. The molecule has 2 rings (SSSR count). The first-order chi connectivity index (χ1) is 6.72. The lowest BCUT2D eigenvalue weighted by atomic mass is 9.97. The molecule has 1 saturated heterocycles. The van der Waals surface area contributed by atoms with Crippen LogP contribution in [0.4, 0.5) is 0 Å². The molecule has 0 spiro atoms. The van der Waals surface area contributed by atoms with Gasteiger partial charge in [0.15, 0.2) is 0 Å². The zero-order chi connectivity index (χ0) is 10.1. The lowest BCUT2D eigenvalue weighted by Crippen LogP contribution is -2.26. The molecular formula is C11H19N3. The van der Waals surface area contributed by atoms with Crippen LogP contribution in [0.15, 0.2) is 12.5 Å². The van der Waals surface area contributed by atoms with Crippen molar-refractivity contribution >= 4 is 0 Å². The van der Waals surface area contributed by atoms with Gasteiger partial charge >= 0.3 is 0 Å². The molecule has 1 fully saturated rings. The summed E-state index contributed by atoms with van der Waals surface area (Å²) in [6, 6.07) is 1.21. The number of nitrogens with zero attached hydrogens (tertiary/aromatic N) is 2. The highest BCUT2D eigenvalue weighted by Crippen LogP contribution is 2.30. The molecule has 3 atom stereocenters. The fraction of sp³-hybridized carbons (Fsp3) is 0.727. The van der Waals surface area contributed by atoms with Gasteiger partial charge in [0.2, 0.25) is 0 Å². The molecule has 3 nitrogen and oxygen atoms in total. The summed E-state index contributed by atoms with van der Waals surface area (Å²) in [4.78, 5) is 4.23. The maximum Gasteiger partial charge on any atom is 0.0948 e. The lowest BCUT2D eigenvalue weighted by molar-refractivity contribution is 0.547. The highest BCUT2D eigenvalue weighted by atomic mass is 15.1. The maximum absolute atomic E-state index is 4.23. The second-order valence-electron chi connectivity index (χ2n) is 4.30. The van der Waals surface area contributed by atoms with E-state index >= 15 is 0 Å². The van der Waals surface area contributed by atoms with Crippen molar-refractivity contribution in [3.8, 4) is 0 Å². The summed E-state index contributed by atoms with van der Waals surface area (Å²) in [5.41, 5.74) is 1.39. The van der Waals surface area contributed by atoms with E-state index in [9.17, 15) is 0 Å². The Hall–Kier alpha value is -0.830. The van der Waals surface area contributed by atoms with Gasteiger partial charge in [-0.1, -0.05) is 0 Å². The van der Waals surface area contributed by atoms with Gasteiger partial charge in [0.25, 0.3) is 0 Å². The zero-order valence-electron chi connectivity index (χ0n) is 9.20. The van der Waals surface area contributed by atoms with E-state index < -0.39 is 0 Å². The summed E-state index contributed by atoms with van der Waals surface area (Å²) >= 11 is 0. The van der Waals surface area contributed by atoms with E-state index in [-0.39, 0.29) is 0 Å². The largest absolute Gasteiger partial charge is 0.335 e. The molecular weight excluding hydrogens is 174 g/mol. The normalized spacial score (nSPS) is 32.4. The van der Waals surface area contributed by atoms with Gasteiger partial charge in [-0.25, -0.2) is 4.98 Å². The summed E-state index contributed by atoms with van der Waals surface area (Å²) < 4.78 is 2.25. The fourth-order valence-electron chi connectivity index (χ4n) is 2.50. The molecule has 1 N–H and O–H groups in total. The monoisotopic (exact) mass is 193 g/mol. The average Bonchev–Trinajstić information content (AvgIpc) is 2.71. The van der Waals surface area contributed by atoms with Crippen LogP contribution in [0.1, 0.15) is 38.8 Å². The number of nitrogens with one attached hydrogen (secondary N) is 1. The van der Waals surface area contributed by atoms with Gasteiger partial charge in [-0.05, 0) is 27.2 Å². The third kappa shape index (κ3) is 1.57. The van der Waals surface area contributed by atoms with Gasteiger partial charge in [-0.15, -0.1) is 0 Å². The SMILES string of the molecule is CCn1cncc1C1CC(C)NC1C. The van der Waals surface area contributed by atoms with E-state index in [2.05, 4.69) is 35.6 Å². The van der Waals surface area contributed by atoms with Crippen molar-refractivity contribution < 1.29 is 0 Å². The molecule has 2 heterocycles. The Morgan fingerprint density at radius 1 is 1.57 bits per heavy atom. The number of imidazole rings is 1. The Morgan fingerprint density at radius 2 is 2.36 bits per heavy atom. The van der Waals surface area contributed by atoms with Crippen molar-refractivity contribution in [3.63, 3.8) is 0 Å². The minimum atomic E-state index is 0.576. The second kappa shape index (κ2) is 3.73. The van der Waals surface area contributed by atoms with Crippen molar-refractivity contribution in [2.45, 2.75) is 51.7 Å². The molecule has 0 bridgehead atoms. The Kier molecular flexibility index (Phi) is 2.59. The number of hydrogen-bond acceptors (Lipinski definition) is 2. The molecule has 0 radical (unpaired) electrons. The van der Waals surface area contributed by atoms with Gasteiger partial charge in [-0.2, -0.15) is 0 Å². The number of aromatic nitrogens is 2. The van der Waals surface area contributed by atoms with Crippen LogP contribution in [0.5, 0.6) is 0 Å². The molecule has 3 heteroatoms. The standard InChI is InChI=1S/C11H19N3/c1-4-14-7-12-6-11(14)10-5-8(2)13-9(10)3/h6-10,13H,4-5H2,1-3H3. The van der Waals surface area contributed by atoms with Gasteiger partial charge < -0.3 is 9.88 Å². The third-order valence-corrected chi connectivity index (χ3v) is 3.22. The molecule has 0 aromatic carbocycles. The summed E-state index contributed by atoms with van der Waals surface area (Å²) in [5, 5.41) is 3.57. The van der Waals surface area contributed by atoms with E-state index in [1.54, 1.807) is 0 Å². The van der Waals surface area contributed by atoms with Gasteiger partial charge in [0, 0.05) is 36.4 Å². The van der Waals surface area contributed by atoms with Crippen LogP contribution < -0.4 is 5.32 Å². The van der Waals surface area contributed by atoms with Crippen molar-refractivity contribution in [1.82, 2.24) is 14.9 Å². The molecule has 0 saturated carbocycles. The molecule has 3 unspecified atom stereocenters. The first kappa shape index (κ1) is 9.71. The quantitative estimate of drug-likeness (QED) is 0.775. The molecule has 0 aliphatic carbocycles. The Labute approximate surface area is 85.5 Å². The van der Waals surface area contributed by atoms with Gasteiger partial charge in [0.1, 0.15) is 0 Å². The second-order valence-corrected chi connectivity index (χ2v) is 4.30. The predicted molar refractivity (Wildman–Crippen MR) is 57.3 cm³/mol. The van der Waals surface area contributed by atoms with E-state index in [1.165, 1.54) is 12.1 Å². The smallest absolute Gasteiger partial charge is 0.0948 e. The summed E-state index contributed by atoms with van der Waals surface area (Å²) in [6.45, 7) is 7.71. The summed E-state index contributed by atoms with van der Waals surface area (Å²) in [5.74, 6) is 0.632. The molecule has 0 amide bonds. The van der Waals surface area contributed by atoms with E-state index in [4.69, 9.17) is 0 Å². The topological polar surface area (TPSA) is 29.9 Å². The Bertz CT molecular complexity index is 305. The van der Waals surface area contributed by atoms with Crippen LogP contribution in [0.25, 0.3) is 0 Å². The van der Waals surface area contributed by atoms with Crippen molar-refractivity contribution in [3.05, 3.63) is 18.2 Å². The first-order valence-electron chi connectivity index (χ1n) is 5.48. The van der Waals surface area contributed by atoms with Crippen molar-refractivity contribution in [1.29, 1.82) is 0 Å². The van der Waals surface area contributed by atoms with E-state index in [0.29, 0.717) is 18.0 Å². The van der Waals surface area contributed by atoms with Crippen LogP contribution in [0, 0.1) is 0 Å². The first-order valence-corrected chi connectivity index (χ1v) is 5.48. The van der Waals surface area contributed by atoms with Crippen LogP contribution in [0.3, 0.4) is 0 Å². The number of hydrogen-bond donors (Lipinski definition) is 1. The van der Waals surface area contributed by atoms with Crippen LogP contribution >= 0.6 is 0 Å². The summed E-state index contributed by atoms with van der Waals surface area (Å²) in [6.07, 6.45) is 5.18. The number of rotatable bonds is 2. The van der Waals surface area contributed by atoms with Crippen LogP contribution in [-0.2, 0) is 6.54 Å². The number of aryl methyl sites for hydroxylation is 1. The van der Waals surface area contributed by atoms with Crippen molar-refractivity contribution in [2.75, 3.05) is 0 Å². The fourth-order valence-corrected chi connectivity index (χ4v) is 2.50. The molecule has 1 aliphatic heterocycles. The molecule has 78 valence electrons. The molecule has 14 heavy (non-hydrogen) atoms. The lowest BCUT2D eigenvalue weighted by Gasteiger charge is -2.16. The Balaban J connectivity index is 2.22. The highest BCUT2D eigenvalue weighted by Gasteiger charge is 2.30. The zero-order valence-corrected chi connectivity index (χ0v) is 9.20. The van der Waals surface area contributed by atoms with Gasteiger partial charge in [-0.3, -0.25) is 0 Å².